The van der Waals surface area contributed by atoms with Gasteiger partial charge in [-0.1, -0.05) is 12.0 Å². The summed E-state index contributed by atoms with van der Waals surface area (Å²) < 4.78 is 0. The molecule has 0 aromatic carbocycles. The maximum Gasteiger partial charge on any atom is 0.234 e. The third-order valence-electron chi connectivity index (χ3n) is 2.12. The summed E-state index contributed by atoms with van der Waals surface area (Å²) >= 11 is 1.74. The maximum absolute atomic E-state index is 11.3. The van der Waals surface area contributed by atoms with E-state index in [1.54, 1.807) is 11.3 Å². The van der Waals surface area contributed by atoms with Gasteiger partial charge in [-0.3, -0.25) is 9.69 Å². The summed E-state index contributed by atoms with van der Waals surface area (Å²) in [5.74, 6) is 2.36. The molecule has 0 saturated carbocycles. The Labute approximate surface area is 100 Å². The molecule has 1 N–H and O–H groups in total. The monoisotopic (exact) mass is 236 g/mol. The number of nitrogens with one attached hydrogen (secondary N) is 1. The largest absolute Gasteiger partial charge is 0.344 e. The number of thiophene rings is 1. The van der Waals surface area contributed by atoms with Crippen LogP contribution in [0.5, 0.6) is 0 Å². The normalized spacial score (nSPS) is 10.1. The molecule has 0 aliphatic rings. The molecule has 3 nitrogen and oxygen atoms in total. The Kier molecular flexibility index (Phi) is 5.62. The average Bonchev–Trinajstić information content (AvgIpc) is 2.76. The first-order chi connectivity index (χ1) is 7.72. The number of hydrogen-bond donors (Lipinski definition) is 1. The molecule has 16 heavy (non-hydrogen) atoms. The fourth-order valence-electron chi connectivity index (χ4n) is 1.29. The smallest absolute Gasteiger partial charge is 0.234 e. The van der Waals surface area contributed by atoms with E-state index in [-0.39, 0.29) is 5.91 Å². The van der Waals surface area contributed by atoms with Gasteiger partial charge in [-0.2, -0.15) is 0 Å². The quantitative estimate of drug-likeness (QED) is 0.747. The highest BCUT2D eigenvalue weighted by molar-refractivity contribution is 7.09. The number of carbonyl (C=O) groups excluding carboxylic acids is 1. The van der Waals surface area contributed by atoms with Crippen LogP contribution in [-0.4, -0.2) is 37.5 Å². The van der Waals surface area contributed by atoms with E-state index in [9.17, 15) is 4.79 Å². The molecule has 0 spiro atoms. The zero-order chi connectivity index (χ0) is 11.8. The zero-order valence-corrected chi connectivity index (χ0v) is 10.2. The molecule has 0 atom stereocenters. The van der Waals surface area contributed by atoms with Gasteiger partial charge in [0.25, 0.3) is 0 Å². The second-order valence-corrected chi connectivity index (χ2v) is 4.58. The van der Waals surface area contributed by atoms with Crippen LogP contribution >= 0.6 is 11.3 Å². The number of terminal acetylenes is 1. The van der Waals surface area contributed by atoms with Crippen LogP contribution in [0.3, 0.4) is 0 Å². The minimum Gasteiger partial charge on any atom is -0.344 e. The highest BCUT2D eigenvalue weighted by Crippen LogP contribution is 2.09. The molecule has 1 rings (SSSR count). The van der Waals surface area contributed by atoms with E-state index in [0.717, 1.165) is 13.0 Å². The Morgan fingerprint density at radius 2 is 2.50 bits per heavy atom. The van der Waals surface area contributed by atoms with Gasteiger partial charge in [0.15, 0.2) is 0 Å². The molecule has 0 radical (unpaired) electrons. The topological polar surface area (TPSA) is 32.3 Å². The molecule has 4 heteroatoms. The molecule has 0 aliphatic carbocycles. The van der Waals surface area contributed by atoms with Crippen molar-refractivity contribution in [3.63, 3.8) is 0 Å². The second kappa shape index (κ2) is 7.04. The lowest BCUT2D eigenvalue weighted by Crippen LogP contribution is -2.36. The molecular formula is C12H16N2OS. The van der Waals surface area contributed by atoms with Crippen LogP contribution in [0.1, 0.15) is 4.88 Å². The lowest BCUT2D eigenvalue weighted by molar-refractivity contribution is -0.121. The van der Waals surface area contributed by atoms with Gasteiger partial charge < -0.3 is 5.32 Å². The van der Waals surface area contributed by atoms with Gasteiger partial charge >= 0.3 is 0 Å². The van der Waals surface area contributed by atoms with E-state index in [1.165, 1.54) is 4.88 Å². The molecule has 1 aromatic rings. The predicted octanol–water partition coefficient (Wildman–Crippen LogP) is 0.972. The predicted molar refractivity (Wildman–Crippen MR) is 67.4 cm³/mol. The Morgan fingerprint density at radius 3 is 3.12 bits per heavy atom. The van der Waals surface area contributed by atoms with Crippen molar-refractivity contribution in [3.8, 4) is 12.3 Å². The van der Waals surface area contributed by atoms with Gasteiger partial charge in [-0.15, -0.1) is 17.8 Å². The van der Waals surface area contributed by atoms with Crippen LogP contribution in [0.2, 0.25) is 0 Å². The summed E-state index contributed by atoms with van der Waals surface area (Å²) in [6.45, 7) is 1.58. The Morgan fingerprint density at radius 1 is 1.69 bits per heavy atom. The van der Waals surface area contributed by atoms with E-state index in [0.29, 0.717) is 13.1 Å². The molecule has 1 heterocycles. The number of nitrogens with zero attached hydrogens (tertiary/aromatic N) is 1. The molecule has 1 amide bonds. The van der Waals surface area contributed by atoms with E-state index < -0.39 is 0 Å². The molecule has 0 saturated heterocycles. The van der Waals surface area contributed by atoms with Gasteiger partial charge in [-0.05, 0) is 24.9 Å². The molecule has 1 aromatic heterocycles. The summed E-state index contributed by atoms with van der Waals surface area (Å²) in [5.41, 5.74) is 0. The number of amides is 1. The summed E-state index contributed by atoms with van der Waals surface area (Å²) in [5, 5.41) is 4.71. The van der Waals surface area contributed by atoms with Crippen molar-refractivity contribution in [2.45, 2.75) is 6.42 Å². The minimum absolute atomic E-state index is 0.0216. The van der Waals surface area contributed by atoms with Gasteiger partial charge in [0, 0.05) is 11.4 Å². The van der Waals surface area contributed by atoms with Gasteiger partial charge in [0.2, 0.25) is 5.91 Å². The number of rotatable bonds is 6. The summed E-state index contributed by atoms with van der Waals surface area (Å²) in [7, 11) is 1.93. The first-order valence-corrected chi connectivity index (χ1v) is 6.01. The third-order valence-corrected chi connectivity index (χ3v) is 3.06. The summed E-state index contributed by atoms with van der Waals surface area (Å²) in [4.78, 5) is 14.7. The average molecular weight is 236 g/mol. The van der Waals surface area contributed by atoms with Crippen LogP contribution in [0.15, 0.2) is 17.5 Å². The van der Waals surface area contributed by atoms with Crippen molar-refractivity contribution in [2.24, 2.45) is 0 Å². The summed E-state index contributed by atoms with van der Waals surface area (Å²) in [6, 6.07) is 4.15. The standard InChI is InChI=1S/C12H16N2OS/c1-3-7-13-12(15)10-14(2)8-6-11-5-4-9-16-11/h1,4-5,9H,6-8,10H2,2H3,(H,13,15). The van der Waals surface area contributed by atoms with Crippen molar-refractivity contribution in [1.82, 2.24) is 10.2 Å². The molecule has 0 unspecified atom stereocenters. The van der Waals surface area contributed by atoms with E-state index in [4.69, 9.17) is 6.42 Å². The van der Waals surface area contributed by atoms with Crippen molar-refractivity contribution < 1.29 is 4.79 Å². The lowest BCUT2D eigenvalue weighted by Gasteiger charge is -2.14. The van der Waals surface area contributed by atoms with Gasteiger partial charge in [0.1, 0.15) is 0 Å². The molecule has 0 fully saturated rings. The third kappa shape index (κ3) is 4.96. The lowest BCUT2D eigenvalue weighted by atomic mass is 10.3. The second-order valence-electron chi connectivity index (χ2n) is 3.55. The number of likely N-dealkylation sites (N-methyl/N-ethyl adjacent to an activating group) is 1. The maximum atomic E-state index is 11.3. The van der Waals surface area contributed by atoms with Crippen LogP contribution in [0.4, 0.5) is 0 Å². The van der Waals surface area contributed by atoms with E-state index in [1.807, 2.05) is 18.0 Å². The van der Waals surface area contributed by atoms with Crippen molar-refractivity contribution in [3.05, 3.63) is 22.4 Å². The van der Waals surface area contributed by atoms with Crippen LogP contribution in [-0.2, 0) is 11.2 Å². The van der Waals surface area contributed by atoms with E-state index in [2.05, 4.69) is 22.7 Å². The van der Waals surface area contributed by atoms with Crippen LogP contribution in [0.25, 0.3) is 0 Å². The number of carbonyl (C=O) groups is 1. The Hall–Kier alpha value is -1.31. The number of hydrogen-bond acceptors (Lipinski definition) is 3. The van der Waals surface area contributed by atoms with Crippen LogP contribution < -0.4 is 5.32 Å². The first-order valence-electron chi connectivity index (χ1n) is 5.13. The fourth-order valence-corrected chi connectivity index (χ4v) is 1.98. The fraction of sp³-hybridized carbons (Fsp3) is 0.417. The minimum atomic E-state index is -0.0216. The SMILES string of the molecule is C#CCNC(=O)CN(C)CCc1cccs1. The van der Waals surface area contributed by atoms with Crippen molar-refractivity contribution in [1.29, 1.82) is 0 Å². The van der Waals surface area contributed by atoms with Crippen molar-refractivity contribution in [2.75, 3.05) is 26.7 Å². The first kappa shape index (κ1) is 12.8. The summed E-state index contributed by atoms with van der Waals surface area (Å²) in [6.07, 6.45) is 6.04. The van der Waals surface area contributed by atoms with Crippen LogP contribution in [0, 0.1) is 12.3 Å². The highest BCUT2D eigenvalue weighted by atomic mass is 32.1. The molecule has 86 valence electrons. The highest BCUT2D eigenvalue weighted by Gasteiger charge is 2.05. The zero-order valence-electron chi connectivity index (χ0n) is 9.40. The van der Waals surface area contributed by atoms with Gasteiger partial charge in [-0.25, -0.2) is 0 Å². The molecule has 0 aliphatic heterocycles. The van der Waals surface area contributed by atoms with Crippen molar-refractivity contribution >= 4 is 17.2 Å². The van der Waals surface area contributed by atoms with E-state index >= 15 is 0 Å². The molecular weight excluding hydrogens is 220 g/mol. The Balaban J connectivity index is 2.18. The molecule has 0 bridgehead atoms. The Bertz CT molecular complexity index is 354. The van der Waals surface area contributed by atoms with Gasteiger partial charge in [0.05, 0.1) is 13.1 Å².